The van der Waals surface area contributed by atoms with Gasteiger partial charge in [0.25, 0.3) is 0 Å². The number of hydrogen-bond donors (Lipinski definition) is 1. The van der Waals surface area contributed by atoms with E-state index in [9.17, 15) is 4.79 Å². The minimum atomic E-state index is -0.262. The van der Waals surface area contributed by atoms with Crippen molar-refractivity contribution in [3.63, 3.8) is 0 Å². The van der Waals surface area contributed by atoms with E-state index in [0.717, 1.165) is 16.8 Å². The van der Waals surface area contributed by atoms with Gasteiger partial charge in [-0.2, -0.15) is 0 Å². The van der Waals surface area contributed by atoms with Crippen LogP contribution in [0.3, 0.4) is 0 Å². The molecule has 120 valence electrons. The summed E-state index contributed by atoms with van der Waals surface area (Å²) < 4.78 is 16.2. The van der Waals surface area contributed by atoms with Crippen LogP contribution in [0, 0.1) is 0 Å². The van der Waals surface area contributed by atoms with E-state index in [1.807, 2.05) is 24.3 Å². The molecule has 1 heterocycles. The van der Waals surface area contributed by atoms with Crippen molar-refractivity contribution < 1.29 is 19.0 Å². The molecule has 0 fully saturated rings. The van der Waals surface area contributed by atoms with Crippen molar-refractivity contribution in [2.75, 3.05) is 26.6 Å². The number of para-hydroxylation sites is 1. The highest BCUT2D eigenvalue weighted by Gasteiger charge is 2.32. The minimum Gasteiger partial charge on any atom is -0.496 e. The second-order valence-corrected chi connectivity index (χ2v) is 5.34. The molecule has 0 aliphatic carbocycles. The lowest BCUT2D eigenvalue weighted by molar-refractivity contribution is -0.117. The second-order valence-electron chi connectivity index (χ2n) is 5.34. The largest absolute Gasteiger partial charge is 0.496 e. The molecule has 2 aromatic rings. The summed E-state index contributed by atoms with van der Waals surface area (Å²) in [6.07, 6.45) is 0.499. The number of benzene rings is 2. The van der Waals surface area contributed by atoms with Gasteiger partial charge in [0.1, 0.15) is 17.2 Å². The number of carbonyl (C=O) groups excluding carboxylic acids is 1. The molecular formula is C18H19NO4. The monoisotopic (exact) mass is 313 g/mol. The fourth-order valence-corrected chi connectivity index (χ4v) is 2.96. The Balaban J connectivity index is 2.01. The summed E-state index contributed by atoms with van der Waals surface area (Å²) in [5.74, 6) is 1.68. The first-order valence-corrected chi connectivity index (χ1v) is 7.36. The van der Waals surface area contributed by atoms with Crippen molar-refractivity contribution in [2.24, 2.45) is 0 Å². The zero-order valence-corrected chi connectivity index (χ0v) is 13.4. The Hall–Kier alpha value is -2.69. The number of carbonyl (C=O) groups is 1. The van der Waals surface area contributed by atoms with Crippen molar-refractivity contribution in [3.8, 4) is 17.2 Å². The first kappa shape index (κ1) is 15.2. The van der Waals surface area contributed by atoms with Gasteiger partial charge in [0, 0.05) is 23.4 Å². The quantitative estimate of drug-likeness (QED) is 0.922. The molecule has 1 N–H and O–H groups in total. The Morgan fingerprint density at radius 2 is 1.65 bits per heavy atom. The van der Waals surface area contributed by atoms with Crippen LogP contribution in [0.25, 0.3) is 0 Å². The number of amides is 1. The SMILES string of the molecule is COc1cc(OC)c(CC2C(=O)Nc3ccccc32)c(OC)c1. The van der Waals surface area contributed by atoms with Crippen LogP contribution in [0.2, 0.25) is 0 Å². The predicted molar refractivity (Wildman–Crippen MR) is 87.6 cm³/mol. The lowest BCUT2D eigenvalue weighted by Crippen LogP contribution is -2.15. The van der Waals surface area contributed by atoms with Gasteiger partial charge in [-0.05, 0) is 18.1 Å². The second kappa shape index (κ2) is 6.20. The summed E-state index contributed by atoms with van der Waals surface area (Å²) >= 11 is 0. The average molecular weight is 313 g/mol. The summed E-state index contributed by atoms with van der Waals surface area (Å²) in [4.78, 5) is 12.3. The van der Waals surface area contributed by atoms with Crippen molar-refractivity contribution in [3.05, 3.63) is 47.5 Å². The molecule has 5 nitrogen and oxygen atoms in total. The molecule has 0 saturated heterocycles. The Morgan fingerprint density at radius 1 is 1.00 bits per heavy atom. The fraction of sp³-hybridized carbons (Fsp3) is 0.278. The average Bonchev–Trinajstić information content (AvgIpc) is 2.90. The maximum atomic E-state index is 12.3. The molecule has 1 amide bonds. The zero-order valence-electron chi connectivity index (χ0n) is 13.4. The summed E-state index contributed by atoms with van der Waals surface area (Å²) in [5.41, 5.74) is 2.72. The maximum absolute atomic E-state index is 12.3. The van der Waals surface area contributed by atoms with E-state index in [4.69, 9.17) is 14.2 Å². The third-order valence-corrected chi connectivity index (χ3v) is 4.14. The molecule has 0 spiro atoms. The Kier molecular flexibility index (Phi) is 4.10. The number of methoxy groups -OCH3 is 3. The van der Waals surface area contributed by atoms with Crippen LogP contribution in [-0.4, -0.2) is 27.2 Å². The maximum Gasteiger partial charge on any atom is 0.232 e. The highest BCUT2D eigenvalue weighted by molar-refractivity contribution is 6.03. The van der Waals surface area contributed by atoms with E-state index >= 15 is 0 Å². The van der Waals surface area contributed by atoms with Gasteiger partial charge in [0.2, 0.25) is 5.91 Å². The van der Waals surface area contributed by atoms with Crippen LogP contribution in [0.15, 0.2) is 36.4 Å². The third-order valence-electron chi connectivity index (χ3n) is 4.14. The molecule has 2 aromatic carbocycles. The Bertz CT molecular complexity index is 717. The number of hydrogen-bond acceptors (Lipinski definition) is 4. The van der Waals surface area contributed by atoms with Crippen molar-refractivity contribution >= 4 is 11.6 Å². The Labute approximate surface area is 135 Å². The van der Waals surface area contributed by atoms with Gasteiger partial charge in [-0.25, -0.2) is 0 Å². The van der Waals surface area contributed by atoms with Crippen molar-refractivity contribution in [2.45, 2.75) is 12.3 Å². The zero-order chi connectivity index (χ0) is 16.4. The number of ether oxygens (including phenoxy) is 3. The van der Waals surface area contributed by atoms with Gasteiger partial charge in [0.15, 0.2) is 0 Å². The van der Waals surface area contributed by atoms with Crippen LogP contribution < -0.4 is 19.5 Å². The molecule has 1 aliphatic heterocycles. The molecule has 3 rings (SSSR count). The normalized spacial score (nSPS) is 15.8. The molecule has 0 bridgehead atoms. The van der Waals surface area contributed by atoms with Gasteiger partial charge >= 0.3 is 0 Å². The summed E-state index contributed by atoms with van der Waals surface area (Å²) in [6.45, 7) is 0. The third kappa shape index (κ3) is 2.70. The first-order valence-electron chi connectivity index (χ1n) is 7.36. The summed E-state index contributed by atoms with van der Waals surface area (Å²) in [6, 6.07) is 11.3. The predicted octanol–water partition coefficient (Wildman–Crippen LogP) is 2.99. The molecule has 1 atom stereocenters. The van der Waals surface area contributed by atoms with E-state index < -0.39 is 0 Å². The highest BCUT2D eigenvalue weighted by atomic mass is 16.5. The lowest BCUT2D eigenvalue weighted by atomic mass is 9.92. The van der Waals surface area contributed by atoms with Crippen LogP contribution in [0.1, 0.15) is 17.0 Å². The van der Waals surface area contributed by atoms with E-state index in [2.05, 4.69) is 5.32 Å². The van der Waals surface area contributed by atoms with E-state index in [1.54, 1.807) is 33.5 Å². The molecule has 1 unspecified atom stereocenters. The molecule has 5 heteroatoms. The topological polar surface area (TPSA) is 56.8 Å². The van der Waals surface area contributed by atoms with Crippen molar-refractivity contribution in [1.82, 2.24) is 0 Å². The van der Waals surface area contributed by atoms with Crippen LogP contribution >= 0.6 is 0 Å². The molecule has 0 radical (unpaired) electrons. The molecule has 1 aliphatic rings. The first-order chi connectivity index (χ1) is 11.2. The minimum absolute atomic E-state index is 0.00822. The molecule has 0 saturated carbocycles. The van der Waals surface area contributed by atoms with E-state index in [-0.39, 0.29) is 11.8 Å². The van der Waals surface area contributed by atoms with Gasteiger partial charge in [-0.3, -0.25) is 4.79 Å². The van der Waals surface area contributed by atoms with Gasteiger partial charge < -0.3 is 19.5 Å². The summed E-state index contributed by atoms with van der Waals surface area (Å²) in [5, 5.41) is 2.92. The number of fused-ring (bicyclic) bond motifs is 1. The standard InChI is InChI=1S/C18H19NO4/c1-21-11-8-16(22-2)14(17(9-11)23-3)10-13-12-6-4-5-7-15(12)19-18(13)20/h4-9,13H,10H2,1-3H3,(H,19,20). The number of nitrogens with one attached hydrogen (secondary N) is 1. The Morgan fingerprint density at radius 3 is 2.26 bits per heavy atom. The number of rotatable bonds is 5. The molecule has 0 aromatic heterocycles. The smallest absolute Gasteiger partial charge is 0.232 e. The van der Waals surface area contributed by atoms with Gasteiger partial charge in [-0.15, -0.1) is 0 Å². The van der Waals surface area contributed by atoms with Crippen LogP contribution in [0.4, 0.5) is 5.69 Å². The van der Waals surface area contributed by atoms with Crippen molar-refractivity contribution in [1.29, 1.82) is 0 Å². The van der Waals surface area contributed by atoms with E-state index in [0.29, 0.717) is 23.7 Å². The highest BCUT2D eigenvalue weighted by Crippen LogP contribution is 2.41. The number of anilines is 1. The fourth-order valence-electron chi connectivity index (χ4n) is 2.96. The van der Waals surface area contributed by atoms with Gasteiger partial charge in [0.05, 0.1) is 27.2 Å². The van der Waals surface area contributed by atoms with Gasteiger partial charge in [-0.1, -0.05) is 18.2 Å². The molecular weight excluding hydrogens is 294 g/mol. The van der Waals surface area contributed by atoms with Crippen LogP contribution in [0.5, 0.6) is 17.2 Å². The molecule has 23 heavy (non-hydrogen) atoms. The van der Waals surface area contributed by atoms with Crippen LogP contribution in [-0.2, 0) is 11.2 Å². The lowest BCUT2D eigenvalue weighted by Gasteiger charge is -2.17. The van der Waals surface area contributed by atoms with E-state index in [1.165, 1.54) is 0 Å². The summed E-state index contributed by atoms with van der Waals surface area (Å²) in [7, 11) is 4.79.